The topological polar surface area (TPSA) is 55.8 Å². The Labute approximate surface area is 371 Å². The Balaban J connectivity index is 1.01. The third kappa shape index (κ3) is 5.39. The van der Waals surface area contributed by atoms with Crippen LogP contribution in [0.1, 0.15) is 0 Å². The fourth-order valence-electron chi connectivity index (χ4n) is 10.2. The van der Waals surface area contributed by atoms with Crippen LogP contribution in [0.25, 0.3) is 121 Å². The van der Waals surface area contributed by atoms with Gasteiger partial charge in [0.25, 0.3) is 0 Å². The maximum Gasteiger partial charge on any atom is 0.144 e. The first-order chi connectivity index (χ1) is 32.2. The van der Waals surface area contributed by atoms with Crippen LogP contribution in [-0.4, -0.2) is 0 Å². The SMILES string of the molecule is c1ccc(-c2ccc(N(c3ccc(-c4cccc5c4oc4ccccc45)cc3)c3cccc4oc5c(-c6cccc7c6oc6ccccc67)c6c(cc5c34)oc3ccccc36)cc2)cc1. The zero-order valence-corrected chi connectivity index (χ0v) is 34.8. The molecule has 0 radical (unpaired) electrons. The van der Waals surface area contributed by atoms with E-state index in [0.717, 1.165) is 133 Å². The summed E-state index contributed by atoms with van der Waals surface area (Å²) in [5.41, 5.74) is 15.9. The van der Waals surface area contributed by atoms with Gasteiger partial charge < -0.3 is 22.6 Å². The smallest absolute Gasteiger partial charge is 0.144 e. The molecule has 0 N–H and O–H groups in total. The Hall–Kier alpha value is -8.80. The van der Waals surface area contributed by atoms with Crippen LogP contribution < -0.4 is 4.90 Å². The highest BCUT2D eigenvalue weighted by molar-refractivity contribution is 6.27. The van der Waals surface area contributed by atoms with E-state index in [1.54, 1.807) is 0 Å². The van der Waals surface area contributed by atoms with Crippen LogP contribution in [0.3, 0.4) is 0 Å². The van der Waals surface area contributed by atoms with E-state index in [2.05, 4.69) is 181 Å². The predicted octanol–water partition coefficient (Wildman–Crippen LogP) is 17.8. The van der Waals surface area contributed by atoms with Gasteiger partial charge in [-0.1, -0.05) is 152 Å². The molecular formula is C60H35NO4. The summed E-state index contributed by atoms with van der Waals surface area (Å²) >= 11 is 0. The molecule has 0 saturated heterocycles. The van der Waals surface area contributed by atoms with Crippen LogP contribution in [0.15, 0.2) is 230 Å². The molecule has 4 aromatic heterocycles. The van der Waals surface area contributed by atoms with Gasteiger partial charge in [-0.2, -0.15) is 0 Å². The summed E-state index contributed by atoms with van der Waals surface area (Å²) in [6.07, 6.45) is 0. The van der Waals surface area contributed by atoms with Gasteiger partial charge in [0, 0.05) is 65.8 Å². The summed E-state index contributed by atoms with van der Waals surface area (Å²) in [4.78, 5) is 2.33. The molecule has 0 atom stereocenters. The van der Waals surface area contributed by atoms with Gasteiger partial charge in [-0.05, 0) is 77.4 Å². The van der Waals surface area contributed by atoms with Gasteiger partial charge in [0.15, 0.2) is 0 Å². The van der Waals surface area contributed by atoms with Gasteiger partial charge in [-0.15, -0.1) is 0 Å². The van der Waals surface area contributed by atoms with E-state index in [-0.39, 0.29) is 0 Å². The maximum absolute atomic E-state index is 7.15. The summed E-state index contributed by atoms with van der Waals surface area (Å²) in [6.45, 7) is 0. The highest BCUT2D eigenvalue weighted by atomic mass is 16.3. The number of hydrogen-bond donors (Lipinski definition) is 0. The van der Waals surface area contributed by atoms with Crippen molar-refractivity contribution in [2.75, 3.05) is 4.90 Å². The van der Waals surface area contributed by atoms with E-state index < -0.39 is 0 Å². The van der Waals surface area contributed by atoms with Gasteiger partial charge >= 0.3 is 0 Å². The average molecular weight is 834 g/mol. The number of para-hydroxylation sites is 5. The Bertz CT molecular complexity index is 4170. The molecule has 0 aliphatic carbocycles. The highest BCUT2D eigenvalue weighted by Crippen LogP contribution is 2.51. The van der Waals surface area contributed by atoms with Crippen LogP contribution >= 0.6 is 0 Å². The number of nitrogens with zero attached hydrogens (tertiary/aromatic N) is 1. The second-order valence-corrected chi connectivity index (χ2v) is 16.7. The molecule has 14 aromatic rings. The average Bonchev–Trinajstić information content (AvgIpc) is 4.14. The van der Waals surface area contributed by atoms with Crippen molar-refractivity contribution in [2.45, 2.75) is 0 Å². The summed E-state index contributed by atoms with van der Waals surface area (Å²) in [5, 5.41) is 8.29. The molecule has 14 rings (SSSR count). The molecule has 0 aliphatic rings. The third-order valence-electron chi connectivity index (χ3n) is 13.1. The number of hydrogen-bond acceptors (Lipinski definition) is 5. The monoisotopic (exact) mass is 833 g/mol. The Kier molecular flexibility index (Phi) is 7.62. The first-order valence-electron chi connectivity index (χ1n) is 21.9. The van der Waals surface area contributed by atoms with E-state index in [1.165, 1.54) is 5.56 Å². The van der Waals surface area contributed by atoms with Gasteiger partial charge in [0.05, 0.1) is 11.1 Å². The highest BCUT2D eigenvalue weighted by Gasteiger charge is 2.27. The van der Waals surface area contributed by atoms with Crippen molar-refractivity contribution in [1.29, 1.82) is 0 Å². The molecule has 10 aromatic carbocycles. The largest absolute Gasteiger partial charge is 0.456 e. The molecule has 0 spiro atoms. The van der Waals surface area contributed by atoms with Crippen LogP contribution in [0, 0.1) is 0 Å². The van der Waals surface area contributed by atoms with Gasteiger partial charge in [0.2, 0.25) is 0 Å². The Morgan fingerprint density at radius 2 is 0.769 bits per heavy atom. The molecule has 0 unspecified atom stereocenters. The Morgan fingerprint density at radius 1 is 0.277 bits per heavy atom. The molecule has 304 valence electrons. The standard InChI is InChI=1S/C60H35NO4/c1-2-13-36(14-3-1)37-27-31-39(32-28-37)61(40-33-29-38(30-34-40)41-18-10-19-44-42-15-4-7-23-50(42)63-58(41)44)49-22-12-26-53-55(49)48-35-54-56(46-17-6-9-25-52(46)62-54)57(60(48)65-53)47-21-11-20-45-43-16-5-8-24-51(43)64-59(45)47/h1-35H. The lowest BCUT2D eigenvalue weighted by Gasteiger charge is -2.26. The van der Waals surface area contributed by atoms with E-state index >= 15 is 0 Å². The molecule has 0 saturated carbocycles. The van der Waals surface area contributed by atoms with Crippen LogP contribution in [-0.2, 0) is 0 Å². The lowest BCUT2D eigenvalue weighted by molar-refractivity contribution is 0.662. The van der Waals surface area contributed by atoms with Crippen molar-refractivity contribution < 1.29 is 17.7 Å². The first-order valence-corrected chi connectivity index (χ1v) is 21.9. The van der Waals surface area contributed by atoms with Crippen molar-refractivity contribution in [2.24, 2.45) is 0 Å². The third-order valence-corrected chi connectivity index (χ3v) is 13.1. The predicted molar refractivity (Wildman–Crippen MR) is 267 cm³/mol. The molecule has 4 heterocycles. The minimum absolute atomic E-state index is 0.770. The fraction of sp³-hybridized carbons (Fsp3) is 0. The minimum atomic E-state index is 0.770. The second kappa shape index (κ2) is 13.9. The van der Waals surface area contributed by atoms with Crippen LogP contribution in [0.4, 0.5) is 17.1 Å². The lowest BCUT2D eigenvalue weighted by Crippen LogP contribution is -2.10. The van der Waals surface area contributed by atoms with Crippen molar-refractivity contribution in [3.8, 4) is 33.4 Å². The van der Waals surface area contributed by atoms with Crippen molar-refractivity contribution in [1.82, 2.24) is 0 Å². The zero-order valence-electron chi connectivity index (χ0n) is 34.8. The van der Waals surface area contributed by atoms with Crippen molar-refractivity contribution in [3.63, 3.8) is 0 Å². The molecular weight excluding hydrogens is 799 g/mol. The van der Waals surface area contributed by atoms with E-state index in [1.807, 2.05) is 36.4 Å². The quantitative estimate of drug-likeness (QED) is 0.167. The normalized spacial score (nSPS) is 12.0. The fourth-order valence-corrected chi connectivity index (χ4v) is 10.2. The molecule has 0 aliphatic heterocycles. The maximum atomic E-state index is 7.15. The molecule has 65 heavy (non-hydrogen) atoms. The Morgan fingerprint density at radius 3 is 1.45 bits per heavy atom. The molecule has 0 amide bonds. The van der Waals surface area contributed by atoms with Crippen molar-refractivity contribution >= 4 is 105 Å². The number of anilines is 3. The van der Waals surface area contributed by atoms with Crippen LogP contribution in [0.2, 0.25) is 0 Å². The number of furan rings is 4. The number of benzene rings is 10. The zero-order chi connectivity index (χ0) is 42.6. The van der Waals surface area contributed by atoms with Crippen molar-refractivity contribution in [3.05, 3.63) is 212 Å². The number of fused-ring (bicyclic) bond motifs is 12. The van der Waals surface area contributed by atoms with E-state index in [9.17, 15) is 0 Å². The minimum Gasteiger partial charge on any atom is -0.456 e. The van der Waals surface area contributed by atoms with Crippen LogP contribution in [0.5, 0.6) is 0 Å². The van der Waals surface area contributed by atoms with E-state index in [4.69, 9.17) is 17.7 Å². The van der Waals surface area contributed by atoms with E-state index in [0.29, 0.717) is 0 Å². The number of rotatable bonds is 6. The first kappa shape index (κ1) is 35.8. The summed E-state index contributed by atoms with van der Waals surface area (Å²) in [6, 6.07) is 74.1. The molecule has 0 fully saturated rings. The lowest BCUT2D eigenvalue weighted by atomic mass is 9.94. The summed E-state index contributed by atoms with van der Waals surface area (Å²) in [7, 11) is 0. The molecule has 0 bridgehead atoms. The van der Waals surface area contributed by atoms with Gasteiger partial charge in [0.1, 0.15) is 44.7 Å². The summed E-state index contributed by atoms with van der Waals surface area (Å²) in [5.74, 6) is 0. The summed E-state index contributed by atoms with van der Waals surface area (Å²) < 4.78 is 27.1. The molecule has 5 nitrogen and oxygen atoms in total. The van der Waals surface area contributed by atoms with Gasteiger partial charge in [-0.25, -0.2) is 0 Å². The second-order valence-electron chi connectivity index (χ2n) is 16.7. The molecule has 5 heteroatoms. The van der Waals surface area contributed by atoms with Gasteiger partial charge in [-0.3, -0.25) is 0 Å².